The number of benzene rings is 2. The van der Waals surface area contributed by atoms with Crippen LogP contribution in [0.5, 0.6) is 11.5 Å². The summed E-state index contributed by atoms with van der Waals surface area (Å²) in [6.07, 6.45) is 0.416. The summed E-state index contributed by atoms with van der Waals surface area (Å²) in [6.45, 7) is 0.555. The predicted molar refractivity (Wildman–Crippen MR) is 93.9 cm³/mol. The SMILES string of the molecule is NC(=O)c1ccc(OCC(=O)NCCc2cc(F)cc3c2OCOC3)cc1. The molecule has 3 N–H and O–H groups in total. The number of primary amides is 1. The van der Waals surface area contributed by atoms with Crippen LogP contribution in [0.3, 0.4) is 0 Å². The van der Waals surface area contributed by atoms with E-state index < -0.39 is 5.91 Å². The molecule has 0 aliphatic carbocycles. The number of rotatable bonds is 7. The number of halogens is 1. The summed E-state index contributed by atoms with van der Waals surface area (Å²) in [5.74, 6) is -0.157. The monoisotopic (exact) mass is 374 g/mol. The van der Waals surface area contributed by atoms with Gasteiger partial charge < -0.3 is 25.3 Å². The number of hydrogen-bond acceptors (Lipinski definition) is 5. The van der Waals surface area contributed by atoms with Crippen molar-refractivity contribution in [3.05, 3.63) is 58.9 Å². The summed E-state index contributed by atoms with van der Waals surface area (Å²) in [5.41, 5.74) is 6.85. The van der Waals surface area contributed by atoms with E-state index in [1.54, 1.807) is 12.1 Å². The van der Waals surface area contributed by atoms with Gasteiger partial charge in [-0.2, -0.15) is 0 Å². The van der Waals surface area contributed by atoms with Crippen LogP contribution < -0.4 is 20.5 Å². The van der Waals surface area contributed by atoms with Crippen molar-refractivity contribution in [3.63, 3.8) is 0 Å². The van der Waals surface area contributed by atoms with Gasteiger partial charge in [-0.05, 0) is 48.4 Å². The number of ether oxygens (including phenoxy) is 3. The molecular weight excluding hydrogens is 355 g/mol. The van der Waals surface area contributed by atoms with E-state index in [4.69, 9.17) is 19.9 Å². The Balaban J connectivity index is 1.47. The van der Waals surface area contributed by atoms with E-state index in [9.17, 15) is 14.0 Å². The van der Waals surface area contributed by atoms with Gasteiger partial charge >= 0.3 is 0 Å². The maximum atomic E-state index is 13.7. The minimum Gasteiger partial charge on any atom is -0.484 e. The molecule has 7 nitrogen and oxygen atoms in total. The molecule has 8 heteroatoms. The van der Waals surface area contributed by atoms with Gasteiger partial charge in [0.25, 0.3) is 5.91 Å². The van der Waals surface area contributed by atoms with Gasteiger partial charge in [-0.15, -0.1) is 0 Å². The summed E-state index contributed by atoms with van der Waals surface area (Å²) in [7, 11) is 0. The Kier molecular flexibility index (Phi) is 5.87. The van der Waals surface area contributed by atoms with E-state index in [0.717, 1.165) is 0 Å². The van der Waals surface area contributed by atoms with Crippen LogP contribution in [0.25, 0.3) is 0 Å². The average molecular weight is 374 g/mol. The summed E-state index contributed by atoms with van der Waals surface area (Å²) in [6, 6.07) is 8.94. The van der Waals surface area contributed by atoms with Crippen LogP contribution in [0.4, 0.5) is 4.39 Å². The lowest BCUT2D eigenvalue weighted by Crippen LogP contribution is -2.30. The molecule has 1 aliphatic heterocycles. The molecule has 0 unspecified atom stereocenters. The molecule has 0 spiro atoms. The zero-order chi connectivity index (χ0) is 19.2. The molecule has 1 heterocycles. The first-order valence-electron chi connectivity index (χ1n) is 8.34. The standard InChI is InChI=1S/C19H19FN2O5/c20-15-7-13(18-14(8-15)9-25-11-27-18)5-6-22-17(23)10-26-16-3-1-12(2-4-16)19(21)24/h1-4,7-8H,5-6,9-11H2,(H2,21,24)(H,22,23). The van der Waals surface area contributed by atoms with Crippen LogP contribution in [-0.2, 0) is 22.6 Å². The van der Waals surface area contributed by atoms with Crippen LogP contribution in [0.1, 0.15) is 21.5 Å². The highest BCUT2D eigenvalue weighted by Crippen LogP contribution is 2.29. The fourth-order valence-electron chi connectivity index (χ4n) is 2.69. The number of hydrogen-bond donors (Lipinski definition) is 2. The largest absolute Gasteiger partial charge is 0.484 e. The average Bonchev–Trinajstić information content (AvgIpc) is 2.66. The molecule has 2 amide bonds. The Bertz CT molecular complexity index is 839. The molecule has 2 aromatic carbocycles. The van der Waals surface area contributed by atoms with Crippen molar-refractivity contribution in [2.45, 2.75) is 13.0 Å². The molecule has 0 aromatic heterocycles. The van der Waals surface area contributed by atoms with Crippen molar-refractivity contribution in [2.75, 3.05) is 19.9 Å². The van der Waals surface area contributed by atoms with Gasteiger partial charge in [-0.1, -0.05) is 0 Å². The van der Waals surface area contributed by atoms with Crippen LogP contribution in [0.15, 0.2) is 36.4 Å². The summed E-state index contributed by atoms with van der Waals surface area (Å²) in [5, 5.41) is 2.71. The molecule has 142 valence electrons. The second kappa shape index (κ2) is 8.50. The number of carbonyl (C=O) groups excluding carboxylic acids is 2. The van der Waals surface area contributed by atoms with E-state index in [2.05, 4.69) is 5.32 Å². The van der Waals surface area contributed by atoms with Crippen LogP contribution >= 0.6 is 0 Å². The zero-order valence-corrected chi connectivity index (χ0v) is 14.5. The highest BCUT2D eigenvalue weighted by molar-refractivity contribution is 5.92. The summed E-state index contributed by atoms with van der Waals surface area (Å²) >= 11 is 0. The van der Waals surface area contributed by atoms with Crippen molar-refractivity contribution < 1.29 is 28.2 Å². The Morgan fingerprint density at radius 2 is 2.00 bits per heavy atom. The third-order valence-electron chi connectivity index (χ3n) is 3.98. The first kappa shape index (κ1) is 18.7. The molecule has 0 atom stereocenters. The van der Waals surface area contributed by atoms with Crippen molar-refractivity contribution in [2.24, 2.45) is 5.73 Å². The minimum absolute atomic E-state index is 0.125. The molecule has 0 bridgehead atoms. The number of nitrogens with two attached hydrogens (primary N) is 1. The fourth-order valence-corrected chi connectivity index (χ4v) is 2.69. The van der Waals surface area contributed by atoms with Gasteiger partial charge in [0.05, 0.1) is 6.61 Å². The molecule has 0 saturated heterocycles. The van der Waals surface area contributed by atoms with Gasteiger partial charge in [0.15, 0.2) is 13.4 Å². The topological polar surface area (TPSA) is 99.9 Å². The van der Waals surface area contributed by atoms with Crippen LogP contribution in [0.2, 0.25) is 0 Å². The molecule has 3 rings (SSSR count). The van der Waals surface area contributed by atoms with Crippen molar-refractivity contribution in [1.29, 1.82) is 0 Å². The maximum Gasteiger partial charge on any atom is 0.257 e. The summed E-state index contributed by atoms with van der Waals surface area (Å²) < 4.78 is 29.6. The Morgan fingerprint density at radius 1 is 1.22 bits per heavy atom. The van der Waals surface area contributed by atoms with E-state index in [0.29, 0.717) is 47.8 Å². The first-order chi connectivity index (χ1) is 13.0. The number of amides is 2. The number of carbonyl (C=O) groups is 2. The highest BCUT2D eigenvalue weighted by atomic mass is 19.1. The molecule has 0 saturated carbocycles. The van der Waals surface area contributed by atoms with Gasteiger partial charge in [-0.3, -0.25) is 9.59 Å². The second-order valence-electron chi connectivity index (χ2n) is 5.94. The lowest BCUT2D eigenvalue weighted by Gasteiger charge is -2.21. The van der Waals surface area contributed by atoms with Gasteiger partial charge in [0.2, 0.25) is 5.91 Å². The molecule has 0 radical (unpaired) electrons. The quantitative estimate of drug-likeness (QED) is 0.766. The highest BCUT2D eigenvalue weighted by Gasteiger charge is 2.17. The lowest BCUT2D eigenvalue weighted by molar-refractivity contribution is -0.123. The van der Waals surface area contributed by atoms with E-state index in [1.165, 1.54) is 24.3 Å². The smallest absolute Gasteiger partial charge is 0.257 e. The molecule has 0 fully saturated rings. The van der Waals surface area contributed by atoms with E-state index >= 15 is 0 Å². The van der Waals surface area contributed by atoms with Crippen LogP contribution in [0, 0.1) is 5.82 Å². The van der Waals surface area contributed by atoms with Crippen molar-refractivity contribution in [1.82, 2.24) is 5.32 Å². The Hall–Kier alpha value is -3.13. The van der Waals surface area contributed by atoms with Crippen molar-refractivity contribution in [3.8, 4) is 11.5 Å². The van der Waals surface area contributed by atoms with E-state index in [1.807, 2.05) is 0 Å². The molecular formula is C19H19FN2O5. The summed E-state index contributed by atoms with van der Waals surface area (Å²) in [4.78, 5) is 22.9. The van der Waals surface area contributed by atoms with Gasteiger partial charge in [0, 0.05) is 17.7 Å². The molecule has 27 heavy (non-hydrogen) atoms. The fraction of sp³-hybridized carbons (Fsp3) is 0.263. The third-order valence-corrected chi connectivity index (χ3v) is 3.98. The van der Waals surface area contributed by atoms with Crippen molar-refractivity contribution >= 4 is 11.8 Å². The first-order valence-corrected chi connectivity index (χ1v) is 8.34. The minimum atomic E-state index is -0.533. The zero-order valence-electron chi connectivity index (χ0n) is 14.5. The Morgan fingerprint density at radius 3 is 2.74 bits per heavy atom. The molecule has 1 aliphatic rings. The van der Waals surface area contributed by atoms with Gasteiger partial charge in [-0.25, -0.2) is 4.39 Å². The van der Waals surface area contributed by atoms with Crippen LogP contribution in [-0.4, -0.2) is 31.8 Å². The van der Waals surface area contributed by atoms with Gasteiger partial charge in [0.1, 0.15) is 17.3 Å². The lowest BCUT2D eigenvalue weighted by atomic mass is 10.1. The Labute approximate surface area is 155 Å². The third kappa shape index (κ3) is 4.95. The number of nitrogens with one attached hydrogen (secondary N) is 1. The number of fused-ring (bicyclic) bond motifs is 1. The van der Waals surface area contributed by atoms with E-state index in [-0.39, 0.29) is 25.1 Å². The maximum absolute atomic E-state index is 13.7. The molecule has 2 aromatic rings. The second-order valence-corrected chi connectivity index (χ2v) is 5.94. The predicted octanol–water partition coefficient (Wildman–Crippen LogP) is 1.53. The normalized spacial score (nSPS) is 12.6.